The highest BCUT2D eigenvalue weighted by molar-refractivity contribution is 5.96. The number of carbonyl (C=O) groups excluding carboxylic acids is 1. The van der Waals surface area contributed by atoms with E-state index in [-0.39, 0.29) is 11.9 Å². The first-order chi connectivity index (χ1) is 14.1. The molecule has 7 nitrogen and oxygen atoms in total. The third kappa shape index (κ3) is 5.66. The van der Waals surface area contributed by atoms with Gasteiger partial charge in [0.05, 0.1) is 18.2 Å². The van der Waals surface area contributed by atoms with Crippen LogP contribution in [-0.4, -0.2) is 78.3 Å². The van der Waals surface area contributed by atoms with Crippen molar-refractivity contribution in [2.75, 3.05) is 51.4 Å². The maximum atomic E-state index is 13.1. The van der Waals surface area contributed by atoms with Gasteiger partial charge >= 0.3 is 0 Å². The molecule has 0 saturated carbocycles. The molecule has 1 fully saturated rings. The molecule has 1 aromatic carbocycles. The molecule has 8 heteroatoms. The number of piperazine rings is 1. The predicted octanol–water partition coefficient (Wildman–Crippen LogP) is 1.64. The summed E-state index contributed by atoms with van der Waals surface area (Å²) in [4.78, 5) is 24.4. The molecule has 1 unspecified atom stereocenters. The van der Waals surface area contributed by atoms with E-state index in [9.17, 15) is 9.18 Å². The minimum absolute atomic E-state index is 0.109. The normalized spacial score (nSPS) is 16.3. The van der Waals surface area contributed by atoms with Crippen LogP contribution in [0.5, 0.6) is 0 Å². The number of anilines is 1. The van der Waals surface area contributed by atoms with E-state index in [1.807, 2.05) is 6.08 Å². The molecule has 1 aromatic heterocycles. The van der Waals surface area contributed by atoms with Gasteiger partial charge in [0.2, 0.25) is 5.95 Å². The SMILES string of the molecule is COCC(/C=C/c1ccc(F)cc1)N1CCN(c2ncc(C(=O)CO)cn2)CC1. The van der Waals surface area contributed by atoms with Gasteiger partial charge in [-0.15, -0.1) is 0 Å². The Kier molecular flexibility index (Phi) is 7.40. The molecule has 1 N–H and O–H groups in total. The summed E-state index contributed by atoms with van der Waals surface area (Å²) in [5.41, 5.74) is 1.25. The van der Waals surface area contributed by atoms with Gasteiger partial charge in [0.15, 0.2) is 5.78 Å². The van der Waals surface area contributed by atoms with Crippen LogP contribution in [0.25, 0.3) is 6.08 Å². The maximum absolute atomic E-state index is 13.1. The van der Waals surface area contributed by atoms with Gasteiger partial charge in [-0.1, -0.05) is 24.3 Å². The number of rotatable bonds is 8. The van der Waals surface area contributed by atoms with E-state index in [1.165, 1.54) is 24.5 Å². The third-order valence-corrected chi connectivity index (χ3v) is 4.89. The number of carbonyl (C=O) groups is 1. The molecule has 0 radical (unpaired) electrons. The van der Waals surface area contributed by atoms with E-state index in [0.717, 1.165) is 31.7 Å². The molecule has 2 heterocycles. The Hall–Kier alpha value is -2.68. The maximum Gasteiger partial charge on any atom is 0.225 e. The molecule has 154 valence electrons. The van der Waals surface area contributed by atoms with Crippen molar-refractivity contribution in [3.05, 3.63) is 59.7 Å². The Balaban J connectivity index is 1.59. The Bertz CT molecular complexity index is 819. The number of ether oxygens (including phenoxy) is 1. The van der Waals surface area contributed by atoms with E-state index >= 15 is 0 Å². The third-order valence-electron chi connectivity index (χ3n) is 4.89. The number of hydrogen-bond acceptors (Lipinski definition) is 7. The van der Waals surface area contributed by atoms with Crippen LogP contribution < -0.4 is 4.90 Å². The van der Waals surface area contributed by atoms with Gasteiger partial charge < -0.3 is 14.7 Å². The highest BCUT2D eigenvalue weighted by atomic mass is 19.1. The number of Topliss-reactive ketones (excluding diaryl/α,β-unsaturated/α-hetero) is 1. The van der Waals surface area contributed by atoms with E-state index in [0.29, 0.717) is 18.1 Å². The monoisotopic (exact) mass is 400 g/mol. The fourth-order valence-electron chi connectivity index (χ4n) is 3.22. The highest BCUT2D eigenvalue weighted by Crippen LogP contribution is 2.15. The number of aromatic nitrogens is 2. The fourth-order valence-corrected chi connectivity index (χ4v) is 3.22. The molecular weight excluding hydrogens is 375 g/mol. The van der Waals surface area contributed by atoms with Crippen LogP contribution in [-0.2, 0) is 4.74 Å². The van der Waals surface area contributed by atoms with E-state index in [2.05, 4.69) is 25.8 Å². The summed E-state index contributed by atoms with van der Waals surface area (Å²) >= 11 is 0. The molecule has 1 atom stereocenters. The molecule has 1 saturated heterocycles. The molecule has 3 rings (SSSR count). The lowest BCUT2D eigenvalue weighted by Gasteiger charge is -2.38. The molecule has 0 amide bonds. The number of methoxy groups -OCH3 is 1. The Labute approximate surface area is 169 Å². The summed E-state index contributed by atoms with van der Waals surface area (Å²) in [5.74, 6) is -0.0660. The highest BCUT2D eigenvalue weighted by Gasteiger charge is 2.23. The first kappa shape index (κ1) is 21.0. The van der Waals surface area contributed by atoms with Crippen LogP contribution in [0.3, 0.4) is 0 Å². The largest absolute Gasteiger partial charge is 0.388 e. The predicted molar refractivity (Wildman–Crippen MR) is 108 cm³/mol. The fraction of sp³-hybridized carbons (Fsp3) is 0.381. The zero-order valence-electron chi connectivity index (χ0n) is 16.4. The molecule has 0 bridgehead atoms. The van der Waals surface area contributed by atoms with Crippen LogP contribution in [0.15, 0.2) is 42.7 Å². The molecule has 29 heavy (non-hydrogen) atoms. The lowest BCUT2D eigenvalue weighted by Crippen LogP contribution is -2.51. The summed E-state index contributed by atoms with van der Waals surface area (Å²) in [5, 5.41) is 8.91. The van der Waals surface area contributed by atoms with Crippen LogP contribution in [0.1, 0.15) is 15.9 Å². The van der Waals surface area contributed by atoms with Gasteiger partial charge in [-0.05, 0) is 17.7 Å². The average molecular weight is 400 g/mol. The minimum Gasteiger partial charge on any atom is -0.388 e. The average Bonchev–Trinajstić information content (AvgIpc) is 2.77. The number of hydrogen-bond donors (Lipinski definition) is 1. The van der Waals surface area contributed by atoms with Crippen molar-refractivity contribution in [1.82, 2.24) is 14.9 Å². The van der Waals surface area contributed by atoms with Crippen molar-refractivity contribution in [2.45, 2.75) is 6.04 Å². The Morgan fingerprint density at radius 1 is 1.21 bits per heavy atom. The molecule has 0 aliphatic carbocycles. The molecule has 2 aromatic rings. The lowest BCUT2D eigenvalue weighted by molar-refractivity contribution is 0.0903. The standard InChI is InChI=1S/C21H25FN4O3/c1-29-15-19(7-4-16-2-5-18(22)6-3-16)25-8-10-26(11-9-25)21-23-12-17(13-24-21)20(28)14-27/h2-7,12-13,19,27H,8-11,14-15H2,1H3/b7-4+. The van der Waals surface area contributed by atoms with Gasteiger partial charge in [0, 0.05) is 45.7 Å². The zero-order chi connectivity index (χ0) is 20.6. The van der Waals surface area contributed by atoms with Crippen molar-refractivity contribution < 1.29 is 19.0 Å². The van der Waals surface area contributed by atoms with Crippen LogP contribution >= 0.6 is 0 Å². The van der Waals surface area contributed by atoms with E-state index < -0.39 is 12.4 Å². The van der Waals surface area contributed by atoms with E-state index in [1.54, 1.807) is 19.2 Å². The van der Waals surface area contributed by atoms with Gasteiger partial charge in [-0.2, -0.15) is 0 Å². The molecule has 1 aliphatic rings. The summed E-state index contributed by atoms with van der Waals surface area (Å²) in [6, 6.07) is 6.50. The summed E-state index contributed by atoms with van der Waals surface area (Å²) in [6.07, 6.45) is 6.96. The van der Waals surface area contributed by atoms with Crippen LogP contribution in [0.4, 0.5) is 10.3 Å². The van der Waals surface area contributed by atoms with Crippen molar-refractivity contribution in [3.63, 3.8) is 0 Å². The van der Waals surface area contributed by atoms with Crippen molar-refractivity contribution in [2.24, 2.45) is 0 Å². The summed E-state index contributed by atoms with van der Waals surface area (Å²) in [7, 11) is 1.68. The molecule has 0 spiro atoms. The minimum atomic E-state index is -0.548. The second kappa shape index (κ2) is 10.2. The lowest BCUT2D eigenvalue weighted by atomic mass is 10.1. The van der Waals surface area contributed by atoms with Crippen LogP contribution in [0, 0.1) is 5.82 Å². The quantitative estimate of drug-likeness (QED) is 0.675. The number of halogens is 1. The van der Waals surface area contributed by atoms with Crippen LogP contribution in [0.2, 0.25) is 0 Å². The number of benzene rings is 1. The number of aliphatic hydroxyl groups excluding tert-OH is 1. The van der Waals surface area contributed by atoms with Gasteiger partial charge in [0.25, 0.3) is 0 Å². The summed E-state index contributed by atoms with van der Waals surface area (Å²) < 4.78 is 18.4. The molecule has 1 aliphatic heterocycles. The van der Waals surface area contributed by atoms with Crippen molar-refractivity contribution in [3.8, 4) is 0 Å². The first-order valence-electron chi connectivity index (χ1n) is 9.48. The summed E-state index contributed by atoms with van der Waals surface area (Å²) in [6.45, 7) is 3.13. The Morgan fingerprint density at radius 2 is 1.86 bits per heavy atom. The van der Waals surface area contributed by atoms with Crippen molar-refractivity contribution >= 4 is 17.8 Å². The smallest absolute Gasteiger partial charge is 0.225 e. The van der Waals surface area contributed by atoms with Gasteiger partial charge in [-0.3, -0.25) is 9.69 Å². The number of ketones is 1. The van der Waals surface area contributed by atoms with Gasteiger partial charge in [-0.25, -0.2) is 14.4 Å². The number of aliphatic hydroxyl groups is 1. The zero-order valence-corrected chi connectivity index (χ0v) is 16.4. The number of nitrogens with zero attached hydrogens (tertiary/aromatic N) is 4. The second-order valence-electron chi connectivity index (χ2n) is 6.81. The van der Waals surface area contributed by atoms with Gasteiger partial charge in [0.1, 0.15) is 12.4 Å². The molecular formula is C21H25FN4O3. The Morgan fingerprint density at radius 3 is 2.45 bits per heavy atom. The topological polar surface area (TPSA) is 78.8 Å². The second-order valence-corrected chi connectivity index (χ2v) is 6.81. The van der Waals surface area contributed by atoms with E-state index in [4.69, 9.17) is 9.84 Å². The van der Waals surface area contributed by atoms with Crippen molar-refractivity contribution in [1.29, 1.82) is 0 Å². The first-order valence-corrected chi connectivity index (χ1v) is 9.48.